The van der Waals surface area contributed by atoms with Gasteiger partial charge in [0.25, 0.3) is 11.6 Å². The summed E-state index contributed by atoms with van der Waals surface area (Å²) in [6.45, 7) is -0.178. The van der Waals surface area contributed by atoms with Crippen LogP contribution < -0.4 is 0 Å². The number of halogens is 2. The van der Waals surface area contributed by atoms with Crippen molar-refractivity contribution in [3.8, 4) is 0 Å². The molecule has 9 heteroatoms. The highest BCUT2D eigenvalue weighted by Crippen LogP contribution is 2.31. The van der Waals surface area contributed by atoms with Gasteiger partial charge in [-0.2, -0.15) is 0 Å². The van der Waals surface area contributed by atoms with Gasteiger partial charge in [-0.3, -0.25) is 19.7 Å². The zero-order valence-corrected chi connectivity index (χ0v) is 13.1. The Labute approximate surface area is 131 Å². The molecule has 0 radical (unpaired) electrons. The SMILES string of the molecule is CN(C)C(=O)CN(C)C(=O)c1cc([N+](=O)[O-])cc(Cl)c1Cl. The van der Waals surface area contributed by atoms with Gasteiger partial charge in [0.05, 0.1) is 27.1 Å². The third kappa shape index (κ3) is 4.05. The number of non-ortho nitro benzene ring substituents is 1. The number of amides is 2. The van der Waals surface area contributed by atoms with Gasteiger partial charge in [-0.05, 0) is 0 Å². The predicted octanol–water partition coefficient (Wildman–Crippen LogP) is 2.06. The van der Waals surface area contributed by atoms with Crippen LogP contribution in [0.25, 0.3) is 0 Å². The summed E-state index contributed by atoms with van der Waals surface area (Å²) in [5.74, 6) is -0.917. The Morgan fingerprint density at radius 3 is 2.29 bits per heavy atom. The number of nitro groups is 1. The van der Waals surface area contributed by atoms with Gasteiger partial charge in [0.2, 0.25) is 5.91 Å². The Hall–Kier alpha value is -1.86. The van der Waals surface area contributed by atoms with E-state index in [2.05, 4.69) is 0 Å². The Morgan fingerprint density at radius 2 is 1.81 bits per heavy atom. The molecule has 0 fully saturated rings. The minimum absolute atomic E-state index is 0.0866. The zero-order valence-electron chi connectivity index (χ0n) is 11.6. The Balaban J connectivity index is 3.12. The summed E-state index contributed by atoms with van der Waals surface area (Å²) in [5, 5.41) is 10.6. The van der Waals surface area contributed by atoms with Gasteiger partial charge < -0.3 is 9.80 Å². The van der Waals surface area contributed by atoms with Gasteiger partial charge in [-0.25, -0.2) is 0 Å². The molecule has 0 aromatic heterocycles. The van der Waals surface area contributed by atoms with Crippen LogP contribution in [0.3, 0.4) is 0 Å². The molecule has 1 aromatic rings. The predicted molar refractivity (Wildman–Crippen MR) is 78.8 cm³/mol. The lowest BCUT2D eigenvalue weighted by atomic mass is 10.1. The molecule has 0 aliphatic heterocycles. The first kappa shape index (κ1) is 17.2. The fourth-order valence-electron chi connectivity index (χ4n) is 1.46. The van der Waals surface area contributed by atoms with Crippen LogP contribution in [0.5, 0.6) is 0 Å². The van der Waals surface area contributed by atoms with Crippen molar-refractivity contribution >= 4 is 40.7 Å². The van der Waals surface area contributed by atoms with Crippen LogP contribution in [0.2, 0.25) is 10.0 Å². The van der Waals surface area contributed by atoms with Gasteiger partial charge in [-0.1, -0.05) is 23.2 Å². The largest absolute Gasteiger partial charge is 0.347 e. The van der Waals surface area contributed by atoms with Gasteiger partial charge in [0, 0.05) is 33.3 Å². The molecule has 0 N–H and O–H groups in total. The Kier molecular flexibility index (Phi) is 5.51. The van der Waals surface area contributed by atoms with Gasteiger partial charge in [0.1, 0.15) is 0 Å². The van der Waals surface area contributed by atoms with Crippen molar-refractivity contribution < 1.29 is 14.5 Å². The minimum atomic E-state index is -0.677. The van der Waals surface area contributed by atoms with E-state index in [1.54, 1.807) is 14.1 Å². The number of nitro benzene ring substituents is 1. The van der Waals surface area contributed by atoms with Crippen molar-refractivity contribution in [1.29, 1.82) is 0 Å². The van der Waals surface area contributed by atoms with Crippen LogP contribution in [-0.2, 0) is 4.79 Å². The molecular formula is C12H13Cl2N3O4. The first-order chi connectivity index (χ1) is 9.65. The van der Waals surface area contributed by atoms with E-state index in [1.165, 1.54) is 11.9 Å². The minimum Gasteiger partial charge on any atom is -0.347 e. The van der Waals surface area contributed by atoms with Crippen LogP contribution in [0.4, 0.5) is 5.69 Å². The number of rotatable bonds is 4. The number of hydrogen-bond acceptors (Lipinski definition) is 4. The van der Waals surface area contributed by atoms with Crippen LogP contribution >= 0.6 is 23.2 Å². The summed E-state index contributed by atoms with van der Waals surface area (Å²) in [7, 11) is 4.50. The van der Waals surface area contributed by atoms with Crippen LogP contribution in [0.15, 0.2) is 12.1 Å². The number of carbonyl (C=O) groups excluding carboxylic acids is 2. The lowest BCUT2D eigenvalue weighted by molar-refractivity contribution is -0.384. The molecule has 7 nitrogen and oxygen atoms in total. The normalized spacial score (nSPS) is 10.1. The highest BCUT2D eigenvalue weighted by atomic mass is 35.5. The molecule has 0 spiro atoms. The molecule has 1 rings (SSSR count). The van der Waals surface area contributed by atoms with Crippen LogP contribution in [0, 0.1) is 10.1 Å². The number of nitrogens with zero attached hydrogens (tertiary/aromatic N) is 3. The van der Waals surface area contributed by atoms with E-state index in [-0.39, 0.29) is 33.7 Å². The second-order valence-electron chi connectivity index (χ2n) is 4.50. The lowest BCUT2D eigenvalue weighted by Gasteiger charge is -2.19. The van der Waals surface area contributed by atoms with E-state index in [4.69, 9.17) is 23.2 Å². The monoisotopic (exact) mass is 333 g/mol. The standard InChI is InChI=1S/C12H13Cl2N3O4/c1-15(2)10(18)6-16(3)12(19)8-4-7(17(20)21)5-9(13)11(8)14/h4-5H,6H2,1-3H3. The highest BCUT2D eigenvalue weighted by molar-refractivity contribution is 6.44. The lowest BCUT2D eigenvalue weighted by Crippen LogP contribution is -2.37. The maximum absolute atomic E-state index is 12.2. The molecule has 21 heavy (non-hydrogen) atoms. The van der Waals surface area contributed by atoms with E-state index in [0.717, 1.165) is 17.0 Å². The van der Waals surface area contributed by atoms with E-state index in [0.29, 0.717) is 0 Å². The summed E-state index contributed by atoms with van der Waals surface area (Å²) in [5.41, 5.74) is -0.468. The molecule has 114 valence electrons. The molecule has 2 amide bonds. The summed E-state index contributed by atoms with van der Waals surface area (Å²) in [6.07, 6.45) is 0. The number of hydrogen-bond donors (Lipinski definition) is 0. The fraction of sp³-hybridized carbons (Fsp3) is 0.333. The van der Waals surface area contributed by atoms with Crippen molar-refractivity contribution in [1.82, 2.24) is 9.80 Å². The number of benzene rings is 1. The molecule has 0 aliphatic carbocycles. The maximum atomic E-state index is 12.2. The summed E-state index contributed by atoms with van der Waals surface area (Å²) >= 11 is 11.7. The molecular weight excluding hydrogens is 321 g/mol. The average molecular weight is 334 g/mol. The van der Waals surface area contributed by atoms with Crippen molar-refractivity contribution in [3.63, 3.8) is 0 Å². The van der Waals surface area contributed by atoms with Gasteiger partial charge in [-0.15, -0.1) is 0 Å². The molecule has 0 saturated heterocycles. The van der Waals surface area contributed by atoms with Crippen molar-refractivity contribution in [2.75, 3.05) is 27.7 Å². The topological polar surface area (TPSA) is 83.8 Å². The number of carbonyl (C=O) groups is 2. The fourth-order valence-corrected chi connectivity index (χ4v) is 1.86. The summed E-state index contributed by atoms with van der Waals surface area (Å²) in [4.78, 5) is 36.4. The average Bonchev–Trinajstić information content (AvgIpc) is 2.40. The van der Waals surface area contributed by atoms with Crippen molar-refractivity contribution in [2.24, 2.45) is 0 Å². The maximum Gasteiger partial charge on any atom is 0.271 e. The second kappa shape index (κ2) is 6.73. The van der Waals surface area contributed by atoms with Crippen LogP contribution in [-0.4, -0.2) is 54.2 Å². The van der Waals surface area contributed by atoms with Gasteiger partial charge >= 0.3 is 0 Å². The molecule has 1 aromatic carbocycles. The van der Waals surface area contributed by atoms with E-state index in [1.807, 2.05) is 0 Å². The summed E-state index contributed by atoms with van der Waals surface area (Å²) in [6, 6.07) is 2.10. The second-order valence-corrected chi connectivity index (χ2v) is 5.28. The molecule has 0 bridgehead atoms. The Morgan fingerprint density at radius 1 is 1.24 bits per heavy atom. The van der Waals surface area contributed by atoms with E-state index in [9.17, 15) is 19.7 Å². The molecule has 0 heterocycles. The first-order valence-corrected chi connectivity index (χ1v) is 6.49. The highest BCUT2D eigenvalue weighted by Gasteiger charge is 2.23. The van der Waals surface area contributed by atoms with E-state index < -0.39 is 10.8 Å². The zero-order chi connectivity index (χ0) is 16.3. The number of likely N-dealkylation sites (N-methyl/N-ethyl adjacent to an activating group) is 2. The molecule has 0 saturated carbocycles. The van der Waals surface area contributed by atoms with Crippen molar-refractivity contribution in [3.05, 3.63) is 37.9 Å². The molecule has 0 unspecified atom stereocenters. The smallest absolute Gasteiger partial charge is 0.271 e. The molecule has 0 atom stereocenters. The van der Waals surface area contributed by atoms with Gasteiger partial charge in [0.15, 0.2) is 0 Å². The molecule has 0 aliphatic rings. The third-order valence-electron chi connectivity index (χ3n) is 2.67. The van der Waals surface area contributed by atoms with Crippen molar-refractivity contribution in [2.45, 2.75) is 0 Å². The Bertz CT molecular complexity index is 604. The van der Waals surface area contributed by atoms with E-state index >= 15 is 0 Å². The quantitative estimate of drug-likeness (QED) is 0.623. The first-order valence-electron chi connectivity index (χ1n) is 5.74. The summed E-state index contributed by atoms with van der Waals surface area (Å²) < 4.78 is 0. The van der Waals surface area contributed by atoms with Crippen LogP contribution in [0.1, 0.15) is 10.4 Å². The third-order valence-corrected chi connectivity index (χ3v) is 3.47.